The molecule has 0 saturated heterocycles. The summed E-state index contributed by atoms with van der Waals surface area (Å²) in [7, 11) is -3.55. The van der Waals surface area contributed by atoms with Crippen LogP contribution in [0.5, 0.6) is 5.75 Å². The zero-order chi connectivity index (χ0) is 21.9. The molecule has 2 aromatic carbocycles. The van der Waals surface area contributed by atoms with Gasteiger partial charge in [0.05, 0.1) is 18.0 Å². The third-order valence-electron chi connectivity index (χ3n) is 4.99. The topological polar surface area (TPSA) is 75.7 Å². The van der Waals surface area contributed by atoms with Crippen molar-refractivity contribution in [2.75, 3.05) is 17.1 Å². The first-order valence-electron chi connectivity index (χ1n) is 9.86. The van der Waals surface area contributed by atoms with Crippen molar-refractivity contribution in [2.45, 2.75) is 44.8 Å². The molecule has 162 valence electrons. The van der Waals surface area contributed by atoms with E-state index >= 15 is 0 Å². The molecule has 2 aromatic rings. The van der Waals surface area contributed by atoms with E-state index in [1.165, 1.54) is 28.6 Å². The highest BCUT2D eigenvalue weighted by atomic mass is 32.2. The van der Waals surface area contributed by atoms with Crippen LogP contribution in [0.3, 0.4) is 0 Å². The molecule has 1 unspecified atom stereocenters. The number of hydrogen-bond acceptors (Lipinski definition) is 4. The largest absolute Gasteiger partial charge is 0.487 e. The van der Waals surface area contributed by atoms with Crippen LogP contribution in [-0.2, 0) is 14.8 Å². The van der Waals surface area contributed by atoms with E-state index in [1.807, 2.05) is 38.1 Å². The fourth-order valence-electron chi connectivity index (χ4n) is 3.67. The molecule has 0 spiro atoms. The van der Waals surface area contributed by atoms with Gasteiger partial charge in [0.15, 0.2) is 0 Å². The molecule has 0 aromatic heterocycles. The van der Waals surface area contributed by atoms with Crippen molar-refractivity contribution in [3.63, 3.8) is 0 Å². The Balaban J connectivity index is 1.62. The van der Waals surface area contributed by atoms with Gasteiger partial charge in [-0.25, -0.2) is 12.8 Å². The molecule has 1 amide bonds. The van der Waals surface area contributed by atoms with Crippen molar-refractivity contribution in [3.8, 4) is 5.75 Å². The quantitative estimate of drug-likeness (QED) is 0.719. The van der Waals surface area contributed by atoms with Gasteiger partial charge >= 0.3 is 0 Å². The van der Waals surface area contributed by atoms with Gasteiger partial charge in [-0.3, -0.25) is 9.10 Å². The standard InChI is InChI=1S/C22H27FN2O4S/c1-22(2)15-19(18-7-4-5-8-20(18)29-22)24-21(26)9-6-14-25(30(3,27)28)17-12-10-16(23)11-13-17/h4-5,7-8,10-13,19H,6,9,14-15H2,1-3H3,(H,24,26). The summed E-state index contributed by atoms with van der Waals surface area (Å²) in [5, 5.41) is 3.05. The van der Waals surface area contributed by atoms with E-state index in [9.17, 15) is 17.6 Å². The highest BCUT2D eigenvalue weighted by molar-refractivity contribution is 7.92. The average molecular weight is 435 g/mol. The van der Waals surface area contributed by atoms with Crippen LogP contribution < -0.4 is 14.4 Å². The van der Waals surface area contributed by atoms with Gasteiger partial charge in [-0.15, -0.1) is 0 Å². The van der Waals surface area contributed by atoms with E-state index in [-0.39, 0.29) is 24.9 Å². The van der Waals surface area contributed by atoms with Crippen LogP contribution >= 0.6 is 0 Å². The van der Waals surface area contributed by atoms with E-state index < -0.39 is 21.4 Å². The lowest BCUT2D eigenvalue weighted by Crippen LogP contribution is -2.41. The van der Waals surface area contributed by atoms with Crippen LogP contribution in [0, 0.1) is 5.82 Å². The fourth-order valence-corrected chi connectivity index (χ4v) is 4.64. The number of rotatable bonds is 7. The normalized spacial score (nSPS) is 17.5. The van der Waals surface area contributed by atoms with Gasteiger partial charge in [-0.2, -0.15) is 0 Å². The predicted molar refractivity (Wildman–Crippen MR) is 114 cm³/mol. The summed E-state index contributed by atoms with van der Waals surface area (Å²) in [6.07, 6.45) is 2.25. The molecular weight excluding hydrogens is 407 g/mol. The summed E-state index contributed by atoms with van der Waals surface area (Å²) in [5.41, 5.74) is 0.913. The zero-order valence-corrected chi connectivity index (χ0v) is 18.2. The number of fused-ring (bicyclic) bond motifs is 1. The Morgan fingerprint density at radius 3 is 2.53 bits per heavy atom. The maximum atomic E-state index is 13.2. The Bertz CT molecular complexity index is 1010. The summed E-state index contributed by atoms with van der Waals surface area (Å²) in [5.74, 6) is 0.171. The smallest absolute Gasteiger partial charge is 0.232 e. The van der Waals surface area contributed by atoms with E-state index in [0.29, 0.717) is 18.5 Å². The number of amides is 1. The Hall–Kier alpha value is -2.61. The first-order chi connectivity index (χ1) is 14.0. The summed E-state index contributed by atoms with van der Waals surface area (Å²) in [6.45, 7) is 4.09. The van der Waals surface area contributed by atoms with Gasteiger partial charge in [0.1, 0.15) is 17.2 Å². The molecule has 0 fully saturated rings. The van der Waals surface area contributed by atoms with Crippen molar-refractivity contribution in [2.24, 2.45) is 0 Å². The number of halogens is 1. The molecule has 0 radical (unpaired) electrons. The lowest BCUT2D eigenvalue weighted by Gasteiger charge is -2.37. The van der Waals surface area contributed by atoms with Crippen LogP contribution in [0.1, 0.15) is 44.7 Å². The Labute approximate surface area is 177 Å². The third kappa shape index (κ3) is 5.50. The number of anilines is 1. The van der Waals surface area contributed by atoms with Crippen molar-refractivity contribution in [3.05, 3.63) is 59.9 Å². The number of nitrogens with one attached hydrogen (secondary N) is 1. The molecule has 1 aliphatic heterocycles. The van der Waals surface area contributed by atoms with Gasteiger partial charge < -0.3 is 10.1 Å². The summed E-state index contributed by atoms with van der Waals surface area (Å²) in [4.78, 5) is 12.6. The van der Waals surface area contributed by atoms with Crippen LogP contribution in [-0.4, -0.2) is 32.7 Å². The number of hydrogen-bond donors (Lipinski definition) is 1. The van der Waals surface area contributed by atoms with E-state index in [2.05, 4.69) is 5.32 Å². The first-order valence-corrected chi connectivity index (χ1v) is 11.7. The summed E-state index contributed by atoms with van der Waals surface area (Å²) >= 11 is 0. The third-order valence-corrected chi connectivity index (χ3v) is 6.19. The molecule has 0 saturated carbocycles. The molecule has 1 atom stereocenters. The SMILES string of the molecule is CC1(C)CC(NC(=O)CCCN(c2ccc(F)cc2)S(C)(=O)=O)c2ccccc2O1. The van der Waals surface area contributed by atoms with E-state index in [1.54, 1.807) is 0 Å². The molecule has 30 heavy (non-hydrogen) atoms. The number of carbonyl (C=O) groups is 1. The van der Waals surface area contributed by atoms with Gasteiger partial charge in [0.2, 0.25) is 15.9 Å². The first kappa shape index (κ1) is 22.1. The second-order valence-electron chi connectivity index (χ2n) is 8.14. The highest BCUT2D eigenvalue weighted by Crippen LogP contribution is 2.39. The van der Waals surface area contributed by atoms with Crippen molar-refractivity contribution in [1.82, 2.24) is 5.32 Å². The predicted octanol–water partition coefficient (Wildman–Crippen LogP) is 3.79. The lowest BCUT2D eigenvalue weighted by molar-refractivity contribution is -0.122. The minimum Gasteiger partial charge on any atom is -0.487 e. The van der Waals surface area contributed by atoms with Crippen molar-refractivity contribution >= 4 is 21.6 Å². The molecule has 8 heteroatoms. The number of benzene rings is 2. The number of nitrogens with zero attached hydrogens (tertiary/aromatic N) is 1. The van der Waals surface area contributed by atoms with Crippen molar-refractivity contribution < 1.29 is 22.3 Å². The van der Waals surface area contributed by atoms with Crippen LogP contribution in [0.2, 0.25) is 0 Å². The molecule has 1 heterocycles. The van der Waals surface area contributed by atoms with E-state index in [4.69, 9.17) is 4.74 Å². The van der Waals surface area contributed by atoms with Crippen molar-refractivity contribution in [1.29, 1.82) is 0 Å². The summed E-state index contributed by atoms with van der Waals surface area (Å²) in [6, 6.07) is 12.7. The molecular formula is C22H27FN2O4S. The Morgan fingerprint density at radius 1 is 1.20 bits per heavy atom. The molecule has 1 N–H and O–H groups in total. The van der Waals surface area contributed by atoms with Gasteiger partial charge in [-0.1, -0.05) is 18.2 Å². The molecule has 1 aliphatic rings. The molecule has 6 nitrogen and oxygen atoms in total. The van der Waals surface area contributed by atoms with E-state index in [0.717, 1.165) is 17.6 Å². The summed E-state index contributed by atoms with van der Waals surface area (Å²) < 4.78 is 44.6. The fraction of sp³-hybridized carbons (Fsp3) is 0.409. The number of para-hydroxylation sites is 1. The van der Waals surface area contributed by atoms with Gasteiger partial charge in [0.25, 0.3) is 0 Å². The monoisotopic (exact) mass is 434 g/mol. The zero-order valence-electron chi connectivity index (χ0n) is 17.4. The highest BCUT2D eigenvalue weighted by Gasteiger charge is 2.34. The molecule has 0 bridgehead atoms. The van der Waals surface area contributed by atoms with Crippen LogP contribution in [0.25, 0.3) is 0 Å². The van der Waals surface area contributed by atoms with Gasteiger partial charge in [0, 0.05) is 24.9 Å². The minimum atomic E-state index is -3.55. The molecule has 0 aliphatic carbocycles. The minimum absolute atomic E-state index is 0.133. The van der Waals surface area contributed by atoms with Gasteiger partial charge in [-0.05, 0) is 50.6 Å². The number of ether oxygens (including phenoxy) is 1. The maximum absolute atomic E-state index is 13.2. The second kappa shape index (κ2) is 8.63. The average Bonchev–Trinajstić information content (AvgIpc) is 2.64. The maximum Gasteiger partial charge on any atom is 0.232 e. The number of carbonyl (C=O) groups excluding carboxylic acids is 1. The Kier molecular flexibility index (Phi) is 6.36. The lowest BCUT2D eigenvalue weighted by atomic mass is 9.89. The molecule has 3 rings (SSSR count). The van der Waals surface area contributed by atoms with Crippen LogP contribution in [0.15, 0.2) is 48.5 Å². The van der Waals surface area contributed by atoms with Crippen LogP contribution in [0.4, 0.5) is 10.1 Å². The number of sulfonamides is 1. The Morgan fingerprint density at radius 2 is 1.87 bits per heavy atom. The second-order valence-corrected chi connectivity index (χ2v) is 10.0.